The number of halogens is 4. The van der Waals surface area contributed by atoms with E-state index in [1.165, 1.54) is 168 Å². The molecule has 12 rings (SSSR count). The number of piperazine rings is 6. The molecule has 8 heterocycles. The summed E-state index contributed by atoms with van der Waals surface area (Å²) in [6.45, 7) is 53.2. The topological polar surface area (TPSA) is 25.9 Å². The fourth-order valence-electron chi connectivity index (χ4n) is 11.0. The van der Waals surface area contributed by atoms with Crippen LogP contribution in [0.25, 0.3) is 0 Å². The Hall–Kier alpha value is -1.60. The standard InChI is InChI=1S/2C21H26N2.2C6H12N2.4ClH.2Pd/c2*1-14-9-16(3)20(17(4)10-14)22-7-8-23(13-22)21-18(5)11-15(2)12-19(21)6;2*1-2-8-5-3-7(1)4-6-8;;;;;;/h2*9-12H,7-8H2,1-6H3;2*1-6H2;4*1H;;/q;;;;;;;;2*+2/p-4. The molecule has 0 saturated carbocycles. The van der Waals surface area contributed by atoms with E-state index in [-0.39, 0.29) is 31.9 Å². The molecule has 0 unspecified atom stereocenters. The van der Waals surface area contributed by atoms with E-state index in [0.29, 0.717) is 0 Å². The zero-order valence-electron chi connectivity index (χ0n) is 42.7. The Labute approximate surface area is 444 Å². The van der Waals surface area contributed by atoms with E-state index < -0.39 is 0 Å². The van der Waals surface area contributed by atoms with Gasteiger partial charge < -0.3 is 19.6 Å². The third kappa shape index (κ3) is 16.2. The fraction of sp³-hybridized carbons (Fsp3) is 0.519. The summed E-state index contributed by atoms with van der Waals surface area (Å²) in [7, 11) is 19.3. The third-order valence-corrected chi connectivity index (χ3v) is 13.6. The van der Waals surface area contributed by atoms with Crippen molar-refractivity contribution in [3.63, 3.8) is 0 Å². The molecule has 0 amide bonds. The Bertz CT molecular complexity index is 1810. The van der Waals surface area contributed by atoms with E-state index in [9.17, 15) is 0 Å². The van der Waals surface area contributed by atoms with Gasteiger partial charge in [0.05, 0.1) is 0 Å². The molecule has 8 aliphatic rings. The second-order valence-electron chi connectivity index (χ2n) is 19.3. The second-order valence-corrected chi connectivity index (χ2v) is 24.0. The number of benzene rings is 4. The van der Waals surface area contributed by atoms with Gasteiger partial charge >= 0.3 is 70.0 Å². The number of hydrogen-bond acceptors (Lipinski definition) is 8. The van der Waals surface area contributed by atoms with Crippen LogP contribution in [-0.4, -0.2) is 124 Å². The number of nitrogens with zero attached hydrogens (tertiary/aromatic N) is 8. The molecule has 0 aromatic heterocycles. The van der Waals surface area contributed by atoms with Crippen molar-refractivity contribution in [2.24, 2.45) is 0 Å². The van der Waals surface area contributed by atoms with Crippen molar-refractivity contribution >= 4 is 60.9 Å². The average molecular weight is 1190 g/mol. The van der Waals surface area contributed by atoms with Gasteiger partial charge in [0.1, 0.15) is 0 Å². The van der Waals surface area contributed by atoms with Gasteiger partial charge in [0.2, 0.25) is 13.3 Å². The van der Waals surface area contributed by atoms with Crippen LogP contribution in [0.2, 0.25) is 0 Å². The van der Waals surface area contributed by atoms with E-state index in [4.69, 9.17) is 38.1 Å². The van der Waals surface area contributed by atoms with Crippen LogP contribution < -0.4 is 19.6 Å². The van der Waals surface area contributed by atoms with Gasteiger partial charge in [-0.2, -0.15) is 0 Å². The van der Waals surface area contributed by atoms with Gasteiger partial charge in [-0.3, -0.25) is 19.6 Å². The van der Waals surface area contributed by atoms with Crippen molar-refractivity contribution in [2.75, 3.05) is 124 Å². The SMILES string of the molecule is C1CN2CCN1CC2.C1CN2CCN1CC2.Cc1cc(C)c(N2[C]N(c3c(C)cc(C)cc3C)CC2)c(C)c1.Cc1cc(C)c(N2[C]N(c3c(C)cc(C)cc3C)CC2)c(C)c1.[Cl][Pd][Cl].[Cl][Pd][Cl]. The maximum absolute atomic E-state index is 4.81. The first kappa shape index (κ1) is 57.3. The summed E-state index contributed by atoms with van der Waals surface area (Å²) in [6.07, 6.45) is 0. The van der Waals surface area contributed by atoms with Crippen molar-refractivity contribution in [1.82, 2.24) is 19.6 Å². The molecule has 4 aromatic rings. The summed E-state index contributed by atoms with van der Waals surface area (Å²) in [4.78, 5) is 19.3. The summed E-state index contributed by atoms with van der Waals surface area (Å²) < 4.78 is 0. The van der Waals surface area contributed by atoms with Gasteiger partial charge in [0.15, 0.2) is 0 Å². The number of aryl methyl sites for hydroxylation is 12. The van der Waals surface area contributed by atoms with Gasteiger partial charge in [-0.15, -0.1) is 0 Å². The van der Waals surface area contributed by atoms with Crippen molar-refractivity contribution in [3.05, 3.63) is 129 Å². The molecule has 68 heavy (non-hydrogen) atoms. The van der Waals surface area contributed by atoms with Crippen LogP contribution in [0.5, 0.6) is 0 Å². The normalized spacial score (nSPS) is 21.2. The number of hydrogen-bond donors (Lipinski definition) is 0. The first-order chi connectivity index (χ1) is 32.5. The van der Waals surface area contributed by atoms with E-state index in [1.807, 2.05) is 0 Å². The quantitative estimate of drug-likeness (QED) is 0.187. The molecule has 380 valence electrons. The van der Waals surface area contributed by atoms with Crippen molar-refractivity contribution in [2.45, 2.75) is 83.1 Å². The molecule has 0 spiro atoms. The van der Waals surface area contributed by atoms with Gasteiger partial charge in [0, 0.05) is 127 Å². The Morgan fingerprint density at radius 3 is 0.529 bits per heavy atom. The van der Waals surface area contributed by atoms with Crippen molar-refractivity contribution < 1.29 is 31.9 Å². The molecule has 0 atom stereocenters. The predicted molar refractivity (Wildman–Crippen MR) is 288 cm³/mol. The van der Waals surface area contributed by atoms with Crippen molar-refractivity contribution in [3.8, 4) is 0 Å². The average Bonchev–Trinajstić information content (AvgIpc) is 3.96. The van der Waals surface area contributed by atoms with Crippen LogP contribution in [0.3, 0.4) is 0 Å². The Kier molecular flexibility index (Phi) is 23.6. The van der Waals surface area contributed by atoms with Crippen molar-refractivity contribution in [1.29, 1.82) is 0 Å². The van der Waals surface area contributed by atoms with E-state index in [0.717, 1.165) is 26.2 Å². The number of rotatable bonds is 4. The third-order valence-electron chi connectivity index (χ3n) is 13.6. The number of fused-ring (bicyclic) bond motifs is 6. The Balaban J connectivity index is 0.000000177. The first-order valence-corrected chi connectivity index (χ1v) is 32.0. The molecular weight excluding hydrogens is 1120 g/mol. The van der Waals surface area contributed by atoms with Crippen LogP contribution in [0.1, 0.15) is 66.8 Å². The van der Waals surface area contributed by atoms with E-state index >= 15 is 0 Å². The van der Waals surface area contributed by atoms with Crippen LogP contribution in [0.15, 0.2) is 48.5 Å². The number of anilines is 4. The molecule has 0 aliphatic carbocycles. The van der Waals surface area contributed by atoms with Crippen LogP contribution in [0, 0.1) is 96.4 Å². The first-order valence-electron chi connectivity index (χ1n) is 23.9. The van der Waals surface area contributed by atoms with Gasteiger partial charge in [-0.05, 0) is 128 Å². The minimum absolute atomic E-state index is 0.106. The predicted octanol–water partition coefficient (Wildman–Crippen LogP) is 11.7. The summed E-state index contributed by atoms with van der Waals surface area (Å²) in [6, 6.07) is 18.1. The fourth-order valence-corrected chi connectivity index (χ4v) is 11.0. The van der Waals surface area contributed by atoms with Crippen LogP contribution in [0.4, 0.5) is 22.7 Å². The molecule has 8 nitrogen and oxygen atoms in total. The van der Waals surface area contributed by atoms with Gasteiger partial charge in [-0.25, -0.2) is 0 Å². The molecule has 0 N–H and O–H groups in total. The van der Waals surface area contributed by atoms with Crippen LogP contribution >= 0.6 is 38.1 Å². The van der Waals surface area contributed by atoms with Crippen LogP contribution in [-0.2, 0) is 31.9 Å². The zero-order chi connectivity index (χ0) is 49.7. The van der Waals surface area contributed by atoms with Gasteiger partial charge in [-0.1, -0.05) is 70.8 Å². The summed E-state index contributed by atoms with van der Waals surface area (Å²) in [5.74, 6) is 0. The molecule has 8 aliphatic heterocycles. The zero-order valence-corrected chi connectivity index (χ0v) is 48.8. The molecule has 14 heteroatoms. The molecule has 4 aromatic carbocycles. The Morgan fingerprint density at radius 1 is 0.279 bits per heavy atom. The Morgan fingerprint density at radius 2 is 0.412 bits per heavy atom. The summed E-state index contributed by atoms with van der Waals surface area (Å²) >= 11 is -0.211. The maximum atomic E-state index is 4.81. The molecule has 4 bridgehead atoms. The summed E-state index contributed by atoms with van der Waals surface area (Å²) in [5, 5.41) is 0. The van der Waals surface area contributed by atoms with E-state index in [1.54, 1.807) is 0 Å². The minimum atomic E-state index is -0.106. The molecule has 8 fully saturated rings. The monoisotopic (exact) mass is 1190 g/mol. The molecular formula is C54H76Cl4N8Pd2. The van der Waals surface area contributed by atoms with E-state index in [2.05, 4.69) is 184 Å². The second kappa shape index (κ2) is 28.0. The summed E-state index contributed by atoms with van der Waals surface area (Å²) in [5.41, 5.74) is 21.1. The molecule has 4 radical (unpaired) electrons. The molecule has 8 saturated heterocycles. The van der Waals surface area contributed by atoms with Gasteiger partial charge in [0.25, 0.3) is 0 Å².